The molecule has 1 aromatic carbocycles. The van der Waals surface area contributed by atoms with E-state index in [2.05, 4.69) is 29.2 Å². The van der Waals surface area contributed by atoms with Crippen LogP contribution in [-0.2, 0) is 0 Å². The van der Waals surface area contributed by atoms with Gasteiger partial charge in [-0.2, -0.15) is 0 Å². The largest absolute Gasteiger partial charge is 0.412 e. The molecule has 1 heterocycles. The second-order valence-corrected chi connectivity index (χ2v) is 4.98. The van der Waals surface area contributed by atoms with Crippen molar-refractivity contribution < 1.29 is 9.53 Å². The minimum absolute atomic E-state index is 0.335. The SMILES string of the molecule is CN1CCN(C)C(CNC(=O)Oc2ccccc2)C1. The molecule has 1 unspecified atom stereocenters. The highest BCUT2D eigenvalue weighted by atomic mass is 16.6. The van der Waals surface area contributed by atoms with E-state index in [4.69, 9.17) is 4.74 Å². The van der Waals surface area contributed by atoms with Crippen LogP contribution in [-0.4, -0.2) is 62.2 Å². The van der Waals surface area contributed by atoms with Crippen LogP contribution in [0.2, 0.25) is 0 Å². The third-order valence-corrected chi connectivity index (χ3v) is 3.42. The first-order chi connectivity index (χ1) is 9.15. The molecule has 2 rings (SSSR count). The lowest BCUT2D eigenvalue weighted by atomic mass is 10.2. The minimum atomic E-state index is -0.396. The van der Waals surface area contributed by atoms with Gasteiger partial charge in [0.05, 0.1) is 0 Å². The molecule has 0 bridgehead atoms. The first kappa shape index (κ1) is 13.8. The van der Waals surface area contributed by atoms with Crippen molar-refractivity contribution in [3.63, 3.8) is 0 Å². The summed E-state index contributed by atoms with van der Waals surface area (Å²) >= 11 is 0. The number of carbonyl (C=O) groups is 1. The van der Waals surface area contributed by atoms with Gasteiger partial charge in [-0.3, -0.25) is 4.90 Å². The number of hydrogen-bond donors (Lipinski definition) is 1. The van der Waals surface area contributed by atoms with Gasteiger partial charge in [0.15, 0.2) is 0 Å². The number of nitrogens with one attached hydrogen (secondary N) is 1. The maximum Gasteiger partial charge on any atom is 0.412 e. The fourth-order valence-corrected chi connectivity index (χ4v) is 2.15. The molecule has 0 radical (unpaired) electrons. The van der Waals surface area contributed by atoms with Gasteiger partial charge in [0.2, 0.25) is 0 Å². The van der Waals surface area contributed by atoms with Gasteiger partial charge in [-0.1, -0.05) is 18.2 Å². The smallest absolute Gasteiger partial charge is 0.410 e. The van der Waals surface area contributed by atoms with E-state index in [0.29, 0.717) is 18.3 Å². The highest BCUT2D eigenvalue weighted by molar-refractivity contribution is 5.70. The monoisotopic (exact) mass is 263 g/mol. The molecule has 0 aromatic heterocycles. The zero-order chi connectivity index (χ0) is 13.7. The summed E-state index contributed by atoms with van der Waals surface area (Å²) in [5.74, 6) is 0.564. The van der Waals surface area contributed by atoms with Gasteiger partial charge in [-0.05, 0) is 26.2 Å². The summed E-state index contributed by atoms with van der Waals surface area (Å²) in [6, 6.07) is 9.43. The second kappa shape index (κ2) is 6.54. The number of piperazine rings is 1. The maximum atomic E-state index is 11.7. The zero-order valence-corrected chi connectivity index (χ0v) is 11.5. The van der Waals surface area contributed by atoms with E-state index in [1.807, 2.05) is 18.2 Å². The van der Waals surface area contributed by atoms with E-state index >= 15 is 0 Å². The summed E-state index contributed by atoms with van der Waals surface area (Å²) in [6.07, 6.45) is -0.396. The molecule has 1 aliphatic rings. The van der Waals surface area contributed by atoms with Gasteiger partial charge in [0, 0.05) is 32.2 Å². The summed E-state index contributed by atoms with van der Waals surface area (Å²) < 4.78 is 5.19. The molecule has 104 valence electrons. The molecule has 1 aliphatic heterocycles. The highest BCUT2D eigenvalue weighted by Crippen LogP contribution is 2.08. The van der Waals surface area contributed by atoms with E-state index in [1.165, 1.54) is 0 Å². The topological polar surface area (TPSA) is 44.8 Å². The third kappa shape index (κ3) is 4.22. The van der Waals surface area contributed by atoms with Crippen molar-refractivity contribution in [1.29, 1.82) is 0 Å². The number of carbonyl (C=O) groups excluding carboxylic acids is 1. The molecular weight excluding hydrogens is 242 g/mol. The molecule has 19 heavy (non-hydrogen) atoms. The second-order valence-electron chi connectivity index (χ2n) is 4.98. The van der Waals surface area contributed by atoms with Crippen LogP contribution in [0.3, 0.4) is 0 Å². The fourth-order valence-electron chi connectivity index (χ4n) is 2.15. The molecule has 0 saturated carbocycles. The first-order valence-electron chi connectivity index (χ1n) is 6.54. The van der Waals surface area contributed by atoms with Crippen LogP contribution in [0, 0.1) is 0 Å². The van der Waals surface area contributed by atoms with Crippen molar-refractivity contribution >= 4 is 6.09 Å². The Bertz CT molecular complexity index is 410. The van der Waals surface area contributed by atoms with Gasteiger partial charge in [-0.15, -0.1) is 0 Å². The molecule has 5 heteroatoms. The van der Waals surface area contributed by atoms with Gasteiger partial charge >= 0.3 is 6.09 Å². The Morgan fingerprint density at radius 3 is 2.79 bits per heavy atom. The van der Waals surface area contributed by atoms with Gasteiger partial charge in [-0.25, -0.2) is 4.79 Å². The van der Waals surface area contributed by atoms with Crippen LogP contribution in [0.25, 0.3) is 0 Å². The lowest BCUT2D eigenvalue weighted by Gasteiger charge is -2.37. The molecule has 0 spiro atoms. The van der Waals surface area contributed by atoms with Crippen LogP contribution in [0.15, 0.2) is 30.3 Å². The number of rotatable bonds is 3. The number of amides is 1. The van der Waals surface area contributed by atoms with Crippen molar-refractivity contribution in [1.82, 2.24) is 15.1 Å². The summed E-state index contributed by atoms with van der Waals surface area (Å²) in [7, 11) is 4.18. The van der Waals surface area contributed by atoms with E-state index in [0.717, 1.165) is 19.6 Å². The summed E-state index contributed by atoms with van der Waals surface area (Å²) in [5.41, 5.74) is 0. The molecule has 1 amide bonds. The molecule has 1 fully saturated rings. The Balaban J connectivity index is 1.77. The number of para-hydroxylation sites is 1. The van der Waals surface area contributed by atoms with Crippen LogP contribution < -0.4 is 10.1 Å². The lowest BCUT2D eigenvalue weighted by molar-refractivity contribution is 0.112. The average Bonchev–Trinajstić information content (AvgIpc) is 2.41. The van der Waals surface area contributed by atoms with Crippen molar-refractivity contribution in [2.75, 3.05) is 40.3 Å². The Labute approximate surface area is 114 Å². The molecule has 1 aromatic rings. The number of likely N-dealkylation sites (N-methyl/N-ethyl adjacent to an activating group) is 2. The number of ether oxygens (including phenoxy) is 1. The molecule has 1 N–H and O–H groups in total. The Kier molecular flexibility index (Phi) is 4.76. The van der Waals surface area contributed by atoms with Gasteiger partial charge in [0.25, 0.3) is 0 Å². The van der Waals surface area contributed by atoms with E-state index in [1.54, 1.807) is 12.1 Å². The zero-order valence-electron chi connectivity index (χ0n) is 11.5. The highest BCUT2D eigenvalue weighted by Gasteiger charge is 2.22. The number of hydrogen-bond acceptors (Lipinski definition) is 4. The Hall–Kier alpha value is -1.59. The van der Waals surface area contributed by atoms with Crippen LogP contribution in [0.5, 0.6) is 5.75 Å². The Morgan fingerprint density at radius 2 is 2.05 bits per heavy atom. The molecule has 5 nitrogen and oxygen atoms in total. The fraction of sp³-hybridized carbons (Fsp3) is 0.500. The lowest BCUT2D eigenvalue weighted by Crippen LogP contribution is -2.54. The molecular formula is C14H21N3O2. The van der Waals surface area contributed by atoms with Crippen molar-refractivity contribution in [3.05, 3.63) is 30.3 Å². The predicted molar refractivity (Wildman–Crippen MR) is 74.4 cm³/mol. The molecule has 1 atom stereocenters. The summed E-state index contributed by atoms with van der Waals surface area (Å²) in [6.45, 7) is 3.66. The number of benzene rings is 1. The summed E-state index contributed by atoms with van der Waals surface area (Å²) in [4.78, 5) is 16.2. The van der Waals surface area contributed by atoms with Crippen molar-refractivity contribution in [3.8, 4) is 5.75 Å². The predicted octanol–water partition coefficient (Wildman–Crippen LogP) is 1.02. The van der Waals surface area contributed by atoms with E-state index < -0.39 is 6.09 Å². The van der Waals surface area contributed by atoms with Crippen LogP contribution in [0.4, 0.5) is 4.79 Å². The number of nitrogens with zero attached hydrogens (tertiary/aromatic N) is 2. The normalized spacial score (nSPS) is 21.1. The molecule has 0 aliphatic carbocycles. The first-order valence-corrected chi connectivity index (χ1v) is 6.54. The molecule has 1 saturated heterocycles. The maximum absolute atomic E-state index is 11.7. The van der Waals surface area contributed by atoms with Gasteiger partial charge in [0.1, 0.15) is 5.75 Å². The minimum Gasteiger partial charge on any atom is -0.410 e. The average molecular weight is 263 g/mol. The standard InChI is InChI=1S/C14H21N3O2/c1-16-8-9-17(2)12(11-16)10-15-14(18)19-13-6-4-3-5-7-13/h3-7,12H,8-11H2,1-2H3,(H,15,18). The van der Waals surface area contributed by atoms with Crippen LogP contribution >= 0.6 is 0 Å². The van der Waals surface area contributed by atoms with Crippen molar-refractivity contribution in [2.45, 2.75) is 6.04 Å². The van der Waals surface area contributed by atoms with E-state index in [9.17, 15) is 4.79 Å². The van der Waals surface area contributed by atoms with E-state index in [-0.39, 0.29) is 0 Å². The third-order valence-electron chi connectivity index (χ3n) is 3.42. The quantitative estimate of drug-likeness (QED) is 0.884. The van der Waals surface area contributed by atoms with Gasteiger partial charge < -0.3 is 15.0 Å². The summed E-state index contributed by atoms with van der Waals surface area (Å²) in [5, 5.41) is 2.82. The van der Waals surface area contributed by atoms with Crippen molar-refractivity contribution in [2.24, 2.45) is 0 Å². The Morgan fingerprint density at radius 1 is 1.32 bits per heavy atom. The van der Waals surface area contributed by atoms with Crippen LogP contribution in [0.1, 0.15) is 0 Å².